The molecule has 2 fully saturated rings. The van der Waals surface area contributed by atoms with E-state index in [9.17, 15) is 4.79 Å². The van der Waals surface area contributed by atoms with Crippen LogP contribution in [0.3, 0.4) is 0 Å². The highest BCUT2D eigenvalue weighted by atomic mass is 32.2. The van der Waals surface area contributed by atoms with Crippen LogP contribution >= 0.6 is 11.8 Å². The molecular weight excluding hydrogens is 264 g/mol. The van der Waals surface area contributed by atoms with E-state index in [0.717, 1.165) is 24.5 Å². The van der Waals surface area contributed by atoms with E-state index >= 15 is 0 Å². The minimum absolute atomic E-state index is 0.209. The van der Waals surface area contributed by atoms with Gasteiger partial charge in [-0.05, 0) is 25.2 Å². The molecule has 3 atom stereocenters. The third-order valence-corrected chi connectivity index (χ3v) is 3.56. The van der Waals surface area contributed by atoms with Crippen LogP contribution in [0.2, 0.25) is 0 Å². The summed E-state index contributed by atoms with van der Waals surface area (Å²) in [5, 5.41) is 8.49. The summed E-state index contributed by atoms with van der Waals surface area (Å²) in [7, 11) is 0. The van der Waals surface area contributed by atoms with E-state index < -0.39 is 6.29 Å². The zero-order valence-corrected chi connectivity index (χ0v) is 13.2. The Morgan fingerprint density at radius 1 is 1.42 bits per heavy atom. The van der Waals surface area contributed by atoms with Crippen molar-refractivity contribution >= 4 is 18.2 Å². The van der Waals surface area contributed by atoms with Crippen LogP contribution in [0.4, 0.5) is 0 Å². The Morgan fingerprint density at radius 3 is 2.47 bits per heavy atom. The van der Waals surface area contributed by atoms with Gasteiger partial charge in [0.2, 0.25) is 0 Å². The zero-order chi connectivity index (χ0) is 14.5. The summed E-state index contributed by atoms with van der Waals surface area (Å²) >= 11 is 1.61. The molecule has 0 aromatic rings. The molecule has 0 unspecified atom stereocenters. The summed E-state index contributed by atoms with van der Waals surface area (Å²) in [5.74, 6) is 2.12. The van der Waals surface area contributed by atoms with Gasteiger partial charge < -0.3 is 14.6 Å². The number of ether oxygens (including phenoxy) is 2. The standard InChI is InChI=1S/C8H14O2.C3H6O2S.C3H8/c1-7-3-2-4-8(5-7)10-6-9;4-3-1-6-2-5-3;1-3-2/h6-8H,2-5H2,1H3;3-4H,1-2H2;3H2,1-2H3/t7-,8+;3-;/m11./s1. The Labute approximate surface area is 121 Å². The first kappa shape index (κ1) is 18.7. The topological polar surface area (TPSA) is 55.8 Å². The van der Waals surface area contributed by atoms with Crippen LogP contribution < -0.4 is 0 Å². The molecule has 114 valence electrons. The number of carbonyl (C=O) groups excluding carboxylic acids is 1. The Morgan fingerprint density at radius 2 is 2.11 bits per heavy atom. The molecule has 1 N–H and O–H groups in total. The predicted molar refractivity (Wildman–Crippen MR) is 79.0 cm³/mol. The number of rotatable bonds is 2. The average Bonchev–Trinajstić information content (AvgIpc) is 2.83. The van der Waals surface area contributed by atoms with Crippen molar-refractivity contribution in [3.8, 4) is 0 Å². The van der Waals surface area contributed by atoms with E-state index in [2.05, 4.69) is 25.5 Å². The second-order valence-corrected chi connectivity index (χ2v) is 5.92. The third kappa shape index (κ3) is 11.3. The maximum atomic E-state index is 9.96. The molecule has 0 radical (unpaired) electrons. The molecule has 1 aliphatic heterocycles. The van der Waals surface area contributed by atoms with Gasteiger partial charge in [-0.25, -0.2) is 0 Å². The predicted octanol–water partition coefficient (Wildman–Crippen LogP) is 3.18. The summed E-state index contributed by atoms with van der Waals surface area (Å²) in [6, 6.07) is 0. The number of thioether (sulfide) groups is 1. The van der Waals surface area contributed by atoms with Gasteiger partial charge in [0.15, 0.2) is 6.29 Å². The normalized spacial score (nSPS) is 29.4. The highest BCUT2D eigenvalue weighted by Crippen LogP contribution is 2.24. The van der Waals surface area contributed by atoms with Crippen molar-refractivity contribution in [2.75, 3.05) is 11.7 Å². The maximum Gasteiger partial charge on any atom is 0.293 e. The van der Waals surface area contributed by atoms with Crippen LogP contribution in [-0.4, -0.2) is 35.7 Å². The third-order valence-electron chi connectivity index (χ3n) is 2.74. The minimum Gasteiger partial charge on any atom is -0.465 e. The van der Waals surface area contributed by atoms with Gasteiger partial charge in [-0.1, -0.05) is 33.6 Å². The number of hydrogen-bond donors (Lipinski definition) is 1. The summed E-state index contributed by atoms with van der Waals surface area (Å²) in [4.78, 5) is 9.96. The second kappa shape index (κ2) is 12.8. The van der Waals surface area contributed by atoms with E-state index in [0.29, 0.717) is 12.4 Å². The van der Waals surface area contributed by atoms with Crippen molar-refractivity contribution in [1.29, 1.82) is 0 Å². The van der Waals surface area contributed by atoms with E-state index in [1.807, 2.05) is 0 Å². The summed E-state index contributed by atoms with van der Waals surface area (Å²) < 4.78 is 9.54. The Bertz CT molecular complexity index is 208. The fourth-order valence-electron chi connectivity index (χ4n) is 1.90. The number of aliphatic hydroxyl groups excluding tert-OH is 1. The molecule has 0 aromatic carbocycles. The van der Waals surface area contributed by atoms with Gasteiger partial charge >= 0.3 is 0 Å². The lowest BCUT2D eigenvalue weighted by molar-refractivity contribution is -0.135. The molecule has 0 amide bonds. The van der Waals surface area contributed by atoms with Crippen molar-refractivity contribution in [1.82, 2.24) is 0 Å². The molecule has 1 saturated heterocycles. The number of hydrogen-bond acceptors (Lipinski definition) is 5. The van der Waals surface area contributed by atoms with E-state index in [1.165, 1.54) is 19.3 Å². The van der Waals surface area contributed by atoms with Gasteiger partial charge in [-0.3, -0.25) is 4.79 Å². The van der Waals surface area contributed by atoms with Gasteiger partial charge in [0, 0.05) is 5.75 Å². The lowest BCUT2D eigenvalue weighted by atomic mass is 9.89. The van der Waals surface area contributed by atoms with Crippen LogP contribution in [0.1, 0.15) is 52.9 Å². The molecule has 5 heteroatoms. The largest absolute Gasteiger partial charge is 0.465 e. The Hall–Kier alpha value is -0.260. The molecule has 4 nitrogen and oxygen atoms in total. The van der Waals surface area contributed by atoms with E-state index in [-0.39, 0.29) is 6.10 Å². The first-order valence-corrected chi connectivity index (χ1v) is 8.25. The molecule has 0 aromatic heterocycles. The Kier molecular flexibility index (Phi) is 12.6. The molecule has 1 saturated carbocycles. The van der Waals surface area contributed by atoms with Crippen LogP contribution in [-0.2, 0) is 14.3 Å². The van der Waals surface area contributed by atoms with Crippen LogP contribution in [0, 0.1) is 5.92 Å². The van der Waals surface area contributed by atoms with Gasteiger partial charge in [0.1, 0.15) is 6.10 Å². The first-order valence-electron chi connectivity index (χ1n) is 7.10. The lowest BCUT2D eigenvalue weighted by Crippen LogP contribution is -2.20. The van der Waals surface area contributed by atoms with Gasteiger partial charge in [0.25, 0.3) is 6.47 Å². The first-order chi connectivity index (χ1) is 9.13. The summed E-state index contributed by atoms with van der Waals surface area (Å²) in [6.07, 6.45) is 5.58. The van der Waals surface area contributed by atoms with Gasteiger partial charge in [-0.2, -0.15) is 0 Å². The van der Waals surface area contributed by atoms with E-state index in [4.69, 9.17) is 9.84 Å². The van der Waals surface area contributed by atoms with Gasteiger partial charge in [-0.15, -0.1) is 11.8 Å². The highest BCUT2D eigenvalue weighted by molar-refractivity contribution is 7.99. The second-order valence-electron chi connectivity index (χ2n) is 4.94. The molecule has 19 heavy (non-hydrogen) atoms. The maximum absolute atomic E-state index is 9.96. The SMILES string of the molecule is CCC.C[C@@H]1CCC[C@H](OC=O)C1.O[C@H]1CSCO1. The van der Waals surface area contributed by atoms with Crippen LogP contribution in [0.15, 0.2) is 0 Å². The zero-order valence-electron chi connectivity index (χ0n) is 12.3. The number of carbonyl (C=O) groups is 1. The fourth-order valence-corrected chi connectivity index (χ4v) is 2.55. The number of aliphatic hydroxyl groups is 1. The van der Waals surface area contributed by atoms with Crippen molar-refractivity contribution in [2.45, 2.75) is 65.3 Å². The lowest BCUT2D eigenvalue weighted by Gasteiger charge is -2.24. The quantitative estimate of drug-likeness (QED) is 0.792. The van der Waals surface area contributed by atoms with Crippen LogP contribution in [0.25, 0.3) is 0 Å². The monoisotopic (exact) mass is 292 g/mol. The van der Waals surface area contributed by atoms with Crippen molar-refractivity contribution in [2.24, 2.45) is 5.92 Å². The molecule has 2 rings (SSSR count). The molecule has 1 heterocycles. The van der Waals surface area contributed by atoms with Crippen molar-refractivity contribution < 1.29 is 19.4 Å². The van der Waals surface area contributed by atoms with Crippen LogP contribution in [0.5, 0.6) is 0 Å². The average molecular weight is 292 g/mol. The minimum atomic E-state index is -0.491. The molecule has 1 aliphatic carbocycles. The van der Waals surface area contributed by atoms with Crippen molar-refractivity contribution in [3.63, 3.8) is 0 Å². The molecule has 0 bridgehead atoms. The van der Waals surface area contributed by atoms with Gasteiger partial charge in [0.05, 0.1) is 5.94 Å². The van der Waals surface area contributed by atoms with Crippen molar-refractivity contribution in [3.05, 3.63) is 0 Å². The molecular formula is C14H28O4S. The highest BCUT2D eigenvalue weighted by Gasteiger charge is 2.18. The smallest absolute Gasteiger partial charge is 0.293 e. The van der Waals surface area contributed by atoms with E-state index in [1.54, 1.807) is 11.8 Å². The fraction of sp³-hybridized carbons (Fsp3) is 0.929. The molecule has 0 spiro atoms. The Balaban J connectivity index is 0.000000306. The summed E-state index contributed by atoms with van der Waals surface area (Å²) in [6.45, 7) is 7.03. The molecule has 2 aliphatic rings. The summed E-state index contributed by atoms with van der Waals surface area (Å²) in [5.41, 5.74) is 0.